The molecule has 2 heteroatoms. The lowest BCUT2D eigenvalue weighted by atomic mass is 10.1. The van der Waals surface area contributed by atoms with Crippen LogP contribution < -0.4 is 5.73 Å². The van der Waals surface area contributed by atoms with E-state index >= 15 is 0 Å². The normalized spacial score (nSPS) is 18.5. The highest BCUT2D eigenvalue weighted by Gasteiger charge is 2.18. The lowest BCUT2D eigenvalue weighted by molar-refractivity contribution is 0.174. The fourth-order valence-electron chi connectivity index (χ4n) is 2.96. The maximum absolute atomic E-state index is 5.67. The van der Waals surface area contributed by atoms with Crippen LogP contribution >= 0.6 is 0 Å². The molecule has 0 radical (unpaired) electrons. The van der Waals surface area contributed by atoms with E-state index in [1.165, 1.54) is 77.3 Å². The summed E-state index contributed by atoms with van der Waals surface area (Å²) in [7, 11) is 0. The van der Waals surface area contributed by atoms with Crippen molar-refractivity contribution in [2.24, 2.45) is 5.73 Å². The van der Waals surface area contributed by atoms with E-state index in [0.29, 0.717) is 0 Å². The van der Waals surface area contributed by atoms with E-state index in [-0.39, 0.29) is 0 Å². The third-order valence-corrected chi connectivity index (χ3v) is 4.04. The van der Waals surface area contributed by atoms with Gasteiger partial charge in [-0.15, -0.1) is 0 Å². The van der Waals surface area contributed by atoms with Crippen molar-refractivity contribution in [3.8, 4) is 0 Å². The van der Waals surface area contributed by atoms with Crippen molar-refractivity contribution in [2.75, 3.05) is 19.6 Å². The zero-order valence-corrected chi connectivity index (χ0v) is 11.8. The smallest absolute Gasteiger partial charge is 0.00952 e. The molecule has 2 nitrogen and oxygen atoms in total. The van der Waals surface area contributed by atoms with Crippen molar-refractivity contribution in [2.45, 2.75) is 77.2 Å². The molecule has 17 heavy (non-hydrogen) atoms. The van der Waals surface area contributed by atoms with Crippen LogP contribution in [-0.4, -0.2) is 30.6 Å². The number of unbranched alkanes of at least 4 members (excludes halogenated alkanes) is 2. The highest BCUT2D eigenvalue weighted by atomic mass is 15.1. The third-order valence-electron chi connectivity index (χ3n) is 4.04. The Kier molecular flexibility index (Phi) is 8.72. The van der Waals surface area contributed by atoms with Crippen molar-refractivity contribution in [1.82, 2.24) is 4.90 Å². The van der Waals surface area contributed by atoms with Gasteiger partial charge in [0.2, 0.25) is 0 Å². The molecule has 1 saturated carbocycles. The molecule has 0 spiro atoms. The Morgan fingerprint density at radius 2 is 1.59 bits per heavy atom. The number of nitrogens with two attached hydrogens (primary N) is 1. The van der Waals surface area contributed by atoms with Crippen LogP contribution in [-0.2, 0) is 0 Å². The summed E-state index contributed by atoms with van der Waals surface area (Å²) in [4.78, 5) is 2.74. The molecular formula is C15H32N2. The number of rotatable bonds is 8. The summed E-state index contributed by atoms with van der Waals surface area (Å²) in [6.45, 7) is 5.66. The van der Waals surface area contributed by atoms with Gasteiger partial charge in [-0.3, -0.25) is 0 Å². The molecule has 1 fully saturated rings. The molecule has 1 rings (SSSR count). The van der Waals surface area contributed by atoms with E-state index in [1.54, 1.807) is 0 Å². The van der Waals surface area contributed by atoms with Crippen molar-refractivity contribution < 1.29 is 0 Å². The Hall–Kier alpha value is -0.0800. The van der Waals surface area contributed by atoms with E-state index in [9.17, 15) is 0 Å². The second-order valence-electron chi connectivity index (χ2n) is 5.53. The molecular weight excluding hydrogens is 208 g/mol. The van der Waals surface area contributed by atoms with Crippen LogP contribution in [0.4, 0.5) is 0 Å². The van der Waals surface area contributed by atoms with E-state index in [0.717, 1.165) is 12.6 Å². The molecule has 0 amide bonds. The van der Waals surface area contributed by atoms with E-state index < -0.39 is 0 Å². The molecule has 0 bridgehead atoms. The van der Waals surface area contributed by atoms with Gasteiger partial charge in [-0.25, -0.2) is 0 Å². The Bertz CT molecular complexity index is 162. The van der Waals surface area contributed by atoms with Crippen LogP contribution in [0.3, 0.4) is 0 Å². The van der Waals surface area contributed by atoms with E-state index in [4.69, 9.17) is 5.73 Å². The Labute approximate surface area is 108 Å². The molecule has 0 aliphatic heterocycles. The Morgan fingerprint density at radius 3 is 2.18 bits per heavy atom. The van der Waals surface area contributed by atoms with Crippen LogP contribution in [0.25, 0.3) is 0 Å². The van der Waals surface area contributed by atoms with Crippen molar-refractivity contribution >= 4 is 0 Å². The second-order valence-corrected chi connectivity index (χ2v) is 5.53. The van der Waals surface area contributed by atoms with Crippen LogP contribution in [0.2, 0.25) is 0 Å². The minimum absolute atomic E-state index is 0.844. The highest BCUT2D eigenvalue weighted by molar-refractivity contribution is 4.75. The van der Waals surface area contributed by atoms with E-state index in [2.05, 4.69) is 11.8 Å². The topological polar surface area (TPSA) is 29.3 Å². The summed E-state index contributed by atoms with van der Waals surface area (Å²) < 4.78 is 0. The summed E-state index contributed by atoms with van der Waals surface area (Å²) in [5.74, 6) is 0. The van der Waals surface area contributed by atoms with Crippen LogP contribution in [0.15, 0.2) is 0 Å². The molecule has 0 aromatic heterocycles. The minimum Gasteiger partial charge on any atom is -0.330 e. The average molecular weight is 240 g/mol. The first-order valence-corrected chi connectivity index (χ1v) is 7.82. The average Bonchev–Trinajstić information content (AvgIpc) is 2.62. The molecule has 1 aliphatic carbocycles. The van der Waals surface area contributed by atoms with Crippen molar-refractivity contribution in [3.05, 3.63) is 0 Å². The largest absolute Gasteiger partial charge is 0.330 e. The number of nitrogens with zero attached hydrogens (tertiary/aromatic N) is 1. The predicted octanol–water partition coefficient (Wildman–Crippen LogP) is 3.55. The lowest BCUT2D eigenvalue weighted by Gasteiger charge is -2.31. The molecule has 0 heterocycles. The van der Waals surface area contributed by atoms with Gasteiger partial charge in [0.1, 0.15) is 0 Å². The molecule has 102 valence electrons. The molecule has 2 N–H and O–H groups in total. The number of hydrogen-bond donors (Lipinski definition) is 1. The van der Waals surface area contributed by atoms with Crippen molar-refractivity contribution in [3.63, 3.8) is 0 Å². The summed E-state index contributed by atoms with van der Waals surface area (Å²) in [6.07, 6.45) is 13.9. The van der Waals surface area contributed by atoms with Crippen LogP contribution in [0, 0.1) is 0 Å². The fourth-order valence-corrected chi connectivity index (χ4v) is 2.96. The van der Waals surface area contributed by atoms with Gasteiger partial charge in [0.25, 0.3) is 0 Å². The summed E-state index contributed by atoms with van der Waals surface area (Å²) in [5.41, 5.74) is 5.67. The molecule has 1 aliphatic rings. The predicted molar refractivity (Wildman–Crippen MR) is 76.3 cm³/mol. The summed E-state index contributed by atoms with van der Waals surface area (Å²) in [6, 6.07) is 0.862. The van der Waals surface area contributed by atoms with Crippen LogP contribution in [0.1, 0.15) is 71.1 Å². The molecule has 0 saturated heterocycles. The summed E-state index contributed by atoms with van der Waals surface area (Å²) in [5, 5.41) is 0. The zero-order valence-electron chi connectivity index (χ0n) is 11.8. The van der Waals surface area contributed by atoms with Gasteiger partial charge in [0.15, 0.2) is 0 Å². The molecule has 0 atom stereocenters. The first kappa shape index (κ1) is 15.0. The molecule has 0 unspecified atom stereocenters. The van der Waals surface area contributed by atoms with Gasteiger partial charge >= 0.3 is 0 Å². The maximum Gasteiger partial charge on any atom is 0.00952 e. The van der Waals surface area contributed by atoms with Crippen molar-refractivity contribution in [1.29, 1.82) is 0 Å². The van der Waals surface area contributed by atoms with Gasteiger partial charge in [-0.2, -0.15) is 0 Å². The standard InChI is InChI=1S/C15H32N2/c1-2-3-8-13-17(14-9-12-16)15-10-6-4-5-7-11-15/h15H,2-14,16H2,1H3. The summed E-state index contributed by atoms with van der Waals surface area (Å²) >= 11 is 0. The molecule has 0 aromatic rings. The first-order chi connectivity index (χ1) is 8.38. The second kappa shape index (κ2) is 9.90. The fraction of sp³-hybridized carbons (Fsp3) is 1.00. The Morgan fingerprint density at radius 1 is 0.941 bits per heavy atom. The van der Waals surface area contributed by atoms with Gasteiger partial charge < -0.3 is 10.6 Å². The monoisotopic (exact) mass is 240 g/mol. The SMILES string of the molecule is CCCCCN(CCCN)C1CCCCCC1. The number of hydrogen-bond acceptors (Lipinski definition) is 2. The quantitative estimate of drug-likeness (QED) is 0.519. The maximum atomic E-state index is 5.67. The van der Waals surface area contributed by atoms with Gasteiger partial charge in [-0.05, 0) is 45.3 Å². The minimum atomic E-state index is 0.844. The third kappa shape index (κ3) is 6.42. The van der Waals surface area contributed by atoms with E-state index in [1.807, 2.05) is 0 Å². The van der Waals surface area contributed by atoms with Gasteiger partial charge in [0.05, 0.1) is 0 Å². The Balaban J connectivity index is 2.35. The molecule has 0 aromatic carbocycles. The highest BCUT2D eigenvalue weighted by Crippen LogP contribution is 2.22. The zero-order chi connectivity index (χ0) is 12.3. The van der Waals surface area contributed by atoms with Gasteiger partial charge in [0, 0.05) is 6.04 Å². The first-order valence-electron chi connectivity index (χ1n) is 7.82. The lowest BCUT2D eigenvalue weighted by Crippen LogP contribution is -2.37. The van der Waals surface area contributed by atoms with Gasteiger partial charge in [-0.1, -0.05) is 45.4 Å². The van der Waals surface area contributed by atoms with Crippen LogP contribution in [0.5, 0.6) is 0 Å².